The Morgan fingerprint density at radius 3 is 2.46 bits per heavy atom. The molecular formula is C28H35N3O8. The lowest BCUT2D eigenvalue weighted by Crippen LogP contribution is -2.71. The first-order chi connectivity index (χ1) is 18.9. The first-order valence-corrected chi connectivity index (χ1v) is 13.8. The molecule has 1 spiro atoms. The van der Waals surface area contributed by atoms with E-state index in [2.05, 4.69) is 6.07 Å². The van der Waals surface area contributed by atoms with Crippen LogP contribution in [0.25, 0.3) is 0 Å². The third kappa shape index (κ3) is 3.50. The van der Waals surface area contributed by atoms with E-state index in [1.165, 1.54) is 10.0 Å². The Labute approximate surface area is 227 Å². The monoisotopic (exact) mass is 541 g/mol. The molecule has 1 aromatic rings. The molecule has 39 heavy (non-hydrogen) atoms. The molecule has 210 valence electrons. The van der Waals surface area contributed by atoms with E-state index < -0.39 is 18.2 Å². The highest BCUT2D eigenvalue weighted by molar-refractivity contribution is 5.76. The molecule has 0 aromatic heterocycles. The second kappa shape index (κ2) is 9.53. The van der Waals surface area contributed by atoms with Crippen LogP contribution in [0.3, 0.4) is 0 Å². The van der Waals surface area contributed by atoms with Gasteiger partial charge in [0.25, 0.3) is 0 Å². The fourth-order valence-corrected chi connectivity index (χ4v) is 7.67. The van der Waals surface area contributed by atoms with E-state index >= 15 is 0 Å². The average Bonchev–Trinajstić information content (AvgIpc) is 3.27. The zero-order valence-electron chi connectivity index (χ0n) is 22.8. The fraction of sp³-hybridized carbons (Fsp3) is 0.607. The zero-order chi connectivity index (χ0) is 27.5. The summed E-state index contributed by atoms with van der Waals surface area (Å²) in [6.45, 7) is 6.60. The van der Waals surface area contributed by atoms with Crippen molar-refractivity contribution in [2.75, 3.05) is 40.0 Å². The molecule has 11 heteroatoms. The number of rotatable bonds is 4. The Kier molecular flexibility index (Phi) is 6.27. The summed E-state index contributed by atoms with van der Waals surface area (Å²) in [6, 6.07) is 3.35. The third-order valence-corrected chi connectivity index (χ3v) is 8.97. The molecule has 1 unspecified atom stereocenters. The van der Waals surface area contributed by atoms with Crippen molar-refractivity contribution in [2.24, 2.45) is 5.92 Å². The van der Waals surface area contributed by atoms with E-state index in [0.29, 0.717) is 38.2 Å². The fourth-order valence-electron chi connectivity index (χ4n) is 7.67. The van der Waals surface area contributed by atoms with E-state index in [9.17, 15) is 14.4 Å². The van der Waals surface area contributed by atoms with Crippen molar-refractivity contribution >= 4 is 18.3 Å². The van der Waals surface area contributed by atoms with Crippen LogP contribution < -0.4 is 9.47 Å². The number of nitrogens with zero attached hydrogens (tertiary/aromatic N) is 3. The topological polar surface area (TPSA) is 107 Å². The molecule has 1 saturated carbocycles. The number of ether oxygens (including phenoxy) is 5. The lowest BCUT2D eigenvalue weighted by atomic mass is 9.50. The number of piperidine rings is 1. The first kappa shape index (κ1) is 25.6. The highest BCUT2D eigenvalue weighted by atomic mass is 16.6. The van der Waals surface area contributed by atoms with Gasteiger partial charge in [-0.05, 0) is 63.2 Å². The van der Waals surface area contributed by atoms with Crippen LogP contribution in [0, 0.1) is 5.92 Å². The van der Waals surface area contributed by atoms with Crippen LogP contribution in [0.1, 0.15) is 44.7 Å². The number of benzene rings is 1. The normalized spacial score (nSPS) is 29.4. The summed E-state index contributed by atoms with van der Waals surface area (Å²) in [6.07, 6.45) is 1.91. The summed E-state index contributed by atoms with van der Waals surface area (Å²) in [4.78, 5) is 41.3. The minimum Gasteiger partial charge on any atom is -0.493 e. The third-order valence-electron chi connectivity index (χ3n) is 8.97. The van der Waals surface area contributed by atoms with Gasteiger partial charge >= 0.3 is 18.3 Å². The van der Waals surface area contributed by atoms with E-state index in [4.69, 9.17) is 23.7 Å². The van der Waals surface area contributed by atoms with Crippen LogP contribution in [-0.2, 0) is 26.0 Å². The molecule has 1 aromatic carbocycles. The van der Waals surface area contributed by atoms with Crippen molar-refractivity contribution in [1.82, 2.24) is 14.9 Å². The van der Waals surface area contributed by atoms with Gasteiger partial charge in [0, 0.05) is 23.6 Å². The van der Waals surface area contributed by atoms with Crippen LogP contribution in [0.2, 0.25) is 0 Å². The number of fused-ring (bicyclic) bond motifs is 2. The maximum absolute atomic E-state index is 13.4. The molecule has 5 aliphatic rings. The van der Waals surface area contributed by atoms with Crippen LogP contribution >= 0.6 is 0 Å². The van der Waals surface area contributed by atoms with Gasteiger partial charge in [0.05, 0.1) is 39.5 Å². The van der Waals surface area contributed by atoms with Crippen LogP contribution in [-0.4, -0.2) is 91.4 Å². The molecular weight excluding hydrogens is 506 g/mol. The molecule has 0 radical (unpaired) electrons. The van der Waals surface area contributed by atoms with E-state index in [0.717, 1.165) is 22.4 Å². The van der Waals surface area contributed by atoms with E-state index in [1.54, 1.807) is 27.9 Å². The van der Waals surface area contributed by atoms with Gasteiger partial charge < -0.3 is 28.6 Å². The Hall–Kier alpha value is -3.63. The van der Waals surface area contributed by atoms with Crippen LogP contribution in [0.4, 0.5) is 14.4 Å². The van der Waals surface area contributed by atoms with E-state index in [1.807, 2.05) is 17.0 Å². The maximum Gasteiger partial charge on any atom is 0.429 e. The number of methoxy groups -OCH3 is 1. The quantitative estimate of drug-likeness (QED) is 0.420. The van der Waals surface area contributed by atoms with Gasteiger partial charge in [-0.2, -0.15) is 0 Å². The highest BCUT2D eigenvalue weighted by Gasteiger charge is 2.68. The summed E-state index contributed by atoms with van der Waals surface area (Å²) < 4.78 is 28.7. The molecule has 5 atom stereocenters. The van der Waals surface area contributed by atoms with Crippen molar-refractivity contribution in [1.29, 1.82) is 0 Å². The number of hydrazine groups is 1. The largest absolute Gasteiger partial charge is 0.493 e. The number of carbonyl (C=O) groups is 3. The summed E-state index contributed by atoms with van der Waals surface area (Å²) >= 11 is 0. The van der Waals surface area contributed by atoms with Gasteiger partial charge in [0.15, 0.2) is 11.5 Å². The number of amides is 3. The molecule has 6 rings (SSSR count). The average molecular weight is 542 g/mol. The Morgan fingerprint density at radius 2 is 1.74 bits per heavy atom. The smallest absolute Gasteiger partial charge is 0.429 e. The second-order valence-corrected chi connectivity index (χ2v) is 10.5. The van der Waals surface area contributed by atoms with Crippen molar-refractivity contribution in [3.63, 3.8) is 0 Å². The Balaban J connectivity index is 1.50. The molecule has 3 amide bonds. The molecule has 2 aliphatic carbocycles. The van der Waals surface area contributed by atoms with Crippen molar-refractivity contribution in [3.8, 4) is 11.5 Å². The molecule has 2 fully saturated rings. The lowest BCUT2D eigenvalue weighted by Gasteiger charge is -2.61. The minimum atomic E-state index is -0.617. The summed E-state index contributed by atoms with van der Waals surface area (Å²) in [7, 11) is 1.64. The summed E-state index contributed by atoms with van der Waals surface area (Å²) in [5.74, 6) is 1.36. The van der Waals surface area contributed by atoms with Gasteiger partial charge in [0.1, 0.15) is 6.10 Å². The standard InChI is InChI=1S/C28H35N3O8/c1-5-36-25(32)29-13-11-28-18-15-19-17(10-12-30(26(33)37-6-2)31(19)27(34)38-7-3)24(28)39-23-21(35-4)9-8-16(22(23)28)14-20(18)29/h8-10,18-20,24H,5-7,11-15H2,1-4H3/t18-,19?,20+,24-,28-/m0/s1. The summed E-state index contributed by atoms with van der Waals surface area (Å²) in [5, 5.41) is 2.71. The minimum absolute atomic E-state index is 0.0530. The molecule has 3 aliphatic heterocycles. The van der Waals surface area contributed by atoms with Crippen LogP contribution in [0.5, 0.6) is 11.5 Å². The molecule has 2 bridgehead atoms. The first-order valence-electron chi connectivity index (χ1n) is 13.8. The molecule has 3 heterocycles. The van der Waals surface area contributed by atoms with Crippen LogP contribution in [0.15, 0.2) is 23.8 Å². The van der Waals surface area contributed by atoms with Crippen molar-refractivity contribution in [3.05, 3.63) is 34.9 Å². The second-order valence-electron chi connectivity index (χ2n) is 10.5. The highest BCUT2D eigenvalue weighted by Crippen LogP contribution is 2.65. The molecule has 0 N–H and O–H groups in total. The summed E-state index contributed by atoms with van der Waals surface area (Å²) in [5.41, 5.74) is 2.86. The molecule has 1 saturated heterocycles. The van der Waals surface area contributed by atoms with Crippen molar-refractivity contribution < 1.29 is 38.1 Å². The van der Waals surface area contributed by atoms with Gasteiger partial charge in [-0.3, -0.25) is 0 Å². The Bertz CT molecular complexity index is 1230. The number of carbonyl (C=O) groups excluding carboxylic acids is 3. The number of hydrogen-bond acceptors (Lipinski definition) is 8. The molecule has 11 nitrogen and oxygen atoms in total. The van der Waals surface area contributed by atoms with Gasteiger partial charge in [-0.1, -0.05) is 12.1 Å². The van der Waals surface area contributed by atoms with E-state index in [-0.39, 0.29) is 49.3 Å². The SMILES string of the molecule is CCOC(=O)N1CC[C@]23c4c5ccc(OC)c4O[C@H]2C2=CCN(C(=O)OCC)N(C(=O)OCC)C2C[C@H]3[C@H]1C5. The maximum atomic E-state index is 13.4. The van der Waals surface area contributed by atoms with Gasteiger partial charge in [-0.25, -0.2) is 24.4 Å². The predicted octanol–water partition coefficient (Wildman–Crippen LogP) is 3.64. The predicted molar refractivity (Wildman–Crippen MR) is 137 cm³/mol. The zero-order valence-corrected chi connectivity index (χ0v) is 22.8. The van der Waals surface area contributed by atoms with Gasteiger partial charge in [0.2, 0.25) is 0 Å². The van der Waals surface area contributed by atoms with Crippen molar-refractivity contribution in [2.45, 2.75) is 63.6 Å². The van der Waals surface area contributed by atoms with Gasteiger partial charge in [-0.15, -0.1) is 0 Å². The number of hydrogen-bond donors (Lipinski definition) is 0. The lowest BCUT2D eigenvalue weighted by molar-refractivity contribution is -0.0874. The Morgan fingerprint density at radius 1 is 1.03 bits per heavy atom. The number of likely N-dealkylation sites (tertiary alicyclic amines) is 1.